The molecule has 1 aromatic heterocycles. The molecular weight excluding hydrogens is 282 g/mol. The molecule has 1 saturated heterocycles. The SMILES string of the molecule is CCN1CC(=O)N(Cc2nc(NN)ccc2Cl)CC1=O. The average Bonchev–Trinajstić information content (AvgIpc) is 2.44. The highest BCUT2D eigenvalue weighted by molar-refractivity contribution is 6.31. The van der Waals surface area contributed by atoms with Gasteiger partial charge in [-0.15, -0.1) is 0 Å². The molecule has 20 heavy (non-hydrogen) atoms. The lowest BCUT2D eigenvalue weighted by Gasteiger charge is -2.33. The molecule has 0 radical (unpaired) electrons. The lowest BCUT2D eigenvalue weighted by Crippen LogP contribution is -2.53. The Bertz CT molecular complexity index is 537. The number of hydrazine groups is 1. The Morgan fingerprint density at radius 3 is 2.60 bits per heavy atom. The number of rotatable bonds is 4. The number of hydrogen-bond donors (Lipinski definition) is 2. The molecule has 7 nitrogen and oxygen atoms in total. The van der Waals surface area contributed by atoms with E-state index < -0.39 is 0 Å². The zero-order valence-electron chi connectivity index (χ0n) is 11.1. The van der Waals surface area contributed by atoms with Crippen LogP contribution in [0.1, 0.15) is 12.6 Å². The molecule has 0 bridgehead atoms. The fourth-order valence-corrected chi connectivity index (χ4v) is 2.16. The quantitative estimate of drug-likeness (QED) is 0.612. The molecule has 0 atom stereocenters. The van der Waals surface area contributed by atoms with Gasteiger partial charge in [0.15, 0.2) is 0 Å². The minimum absolute atomic E-state index is 0.0466. The van der Waals surface area contributed by atoms with E-state index in [1.165, 1.54) is 9.80 Å². The predicted molar refractivity (Wildman–Crippen MR) is 74.7 cm³/mol. The van der Waals surface area contributed by atoms with Gasteiger partial charge in [0.1, 0.15) is 12.4 Å². The van der Waals surface area contributed by atoms with Gasteiger partial charge in [-0.25, -0.2) is 10.8 Å². The van der Waals surface area contributed by atoms with E-state index in [0.29, 0.717) is 23.1 Å². The Kier molecular flexibility index (Phi) is 4.41. The average molecular weight is 298 g/mol. The van der Waals surface area contributed by atoms with Gasteiger partial charge in [0, 0.05) is 6.54 Å². The van der Waals surface area contributed by atoms with Gasteiger partial charge in [-0.2, -0.15) is 0 Å². The van der Waals surface area contributed by atoms with Crippen molar-refractivity contribution in [2.75, 3.05) is 25.1 Å². The van der Waals surface area contributed by atoms with Crippen molar-refractivity contribution in [3.8, 4) is 0 Å². The number of carbonyl (C=O) groups is 2. The molecule has 0 spiro atoms. The molecule has 0 aliphatic carbocycles. The van der Waals surface area contributed by atoms with Crippen LogP contribution < -0.4 is 11.3 Å². The number of likely N-dealkylation sites (N-methyl/N-ethyl adjacent to an activating group) is 1. The van der Waals surface area contributed by atoms with Crippen LogP contribution in [0.25, 0.3) is 0 Å². The van der Waals surface area contributed by atoms with Crippen LogP contribution >= 0.6 is 11.6 Å². The van der Waals surface area contributed by atoms with E-state index >= 15 is 0 Å². The first-order valence-corrected chi connectivity index (χ1v) is 6.60. The Hall–Kier alpha value is -1.86. The molecule has 108 valence electrons. The maximum Gasteiger partial charge on any atom is 0.243 e. The number of carbonyl (C=O) groups excluding carboxylic acids is 2. The van der Waals surface area contributed by atoms with Gasteiger partial charge in [-0.3, -0.25) is 9.59 Å². The van der Waals surface area contributed by atoms with Crippen LogP contribution in [0.2, 0.25) is 5.02 Å². The lowest BCUT2D eigenvalue weighted by atomic mass is 10.2. The van der Waals surface area contributed by atoms with E-state index in [1.807, 2.05) is 6.92 Å². The van der Waals surface area contributed by atoms with Crippen molar-refractivity contribution in [1.29, 1.82) is 0 Å². The first kappa shape index (κ1) is 14.5. The summed E-state index contributed by atoms with van der Waals surface area (Å²) in [6.07, 6.45) is 0. The second kappa shape index (κ2) is 6.06. The third-order valence-corrected chi connectivity index (χ3v) is 3.49. The number of amides is 2. The molecule has 2 amide bonds. The third-order valence-electron chi connectivity index (χ3n) is 3.15. The molecule has 0 saturated carbocycles. The molecule has 1 fully saturated rings. The molecular formula is C12H16ClN5O2. The molecule has 2 rings (SSSR count). The van der Waals surface area contributed by atoms with Crippen LogP contribution in [0.15, 0.2) is 12.1 Å². The number of nitrogen functional groups attached to an aromatic ring is 1. The second-order valence-corrected chi connectivity index (χ2v) is 4.83. The third kappa shape index (κ3) is 3.00. The first-order valence-electron chi connectivity index (χ1n) is 6.22. The van der Waals surface area contributed by atoms with E-state index in [-0.39, 0.29) is 31.4 Å². The van der Waals surface area contributed by atoms with Gasteiger partial charge >= 0.3 is 0 Å². The summed E-state index contributed by atoms with van der Waals surface area (Å²) in [5, 5.41) is 0.433. The molecule has 1 aromatic rings. The summed E-state index contributed by atoms with van der Waals surface area (Å²) in [4.78, 5) is 31.0. The summed E-state index contributed by atoms with van der Waals surface area (Å²) < 4.78 is 0. The number of piperazine rings is 1. The van der Waals surface area contributed by atoms with Crippen LogP contribution in [0, 0.1) is 0 Å². The number of aromatic nitrogens is 1. The predicted octanol–water partition coefficient (Wildman–Crippen LogP) is 0.211. The Balaban J connectivity index is 2.14. The van der Waals surface area contributed by atoms with Crippen LogP contribution in [0.4, 0.5) is 5.82 Å². The van der Waals surface area contributed by atoms with Gasteiger partial charge in [-0.1, -0.05) is 11.6 Å². The molecule has 1 aliphatic rings. The highest BCUT2D eigenvalue weighted by Crippen LogP contribution is 2.19. The van der Waals surface area contributed by atoms with Crippen molar-refractivity contribution in [2.45, 2.75) is 13.5 Å². The fraction of sp³-hybridized carbons (Fsp3) is 0.417. The van der Waals surface area contributed by atoms with Gasteiger partial charge in [0.25, 0.3) is 0 Å². The van der Waals surface area contributed by atoms with E-state index in [9.17, 15) is 9.59 Å². The minimum Gasteiger partial charge on any atom is -0.332 e. The van der Waals surface area contributed by atoms with Crippen molar-refractivity contribution >= 4 is 29.2 Å². The normalized spacial score (nSPS) is 15.8. The smallest absolute Gasteiger partial charge is 0.243 e. The van der Waals surface area contributed by atoms with Crippen LogP contribution in [-0.4, -0.2) is 46.2 Å². The number of hydrogen-bond acceptors (Lipinski definition) is 5. The van der Waals surface area contributed by atoms with E-state index in [4.69, 9.17) is 17.4 Å². The van der Waals surface area contributed by atoms with E-state index in [2.05, 4.69) is 10.4 Å². The molecule has 1 aliphatic heterocycles. The molecule has 3 N–H and O–H groups in total. The Labute approximate surface area is 121 Å². The van der Waals surface area contributed by atoms with Crippen molar-refractivity contribution in [3.63, 3.8) is 0 Å². The van der Waals surface area contributed by atoms with E-state index in [1.54, 1.807) is 12.1 Å². The summed E-state index contributed by atoms with van der Waals surface area (Å²) in [5.41, 5.74) is 2.93. The molecule has 2 heterocycles. The van der Waals surface area contributed by atoms with Crippen molar-refractivity contribution in [3.05, 3.63) is 22.8 Å². The zero-order valence-corrected chi connectivity index (χ0v) is 11.9. The number of nitrogens with two attached hydrogens (primary N) is 1. The van der Waals surface area contributed by atoms with Crippen LogP contribution in [-0.2, 0) is 16.1 Å². The topological polar surface area (TPSA) is 91.6 Å². The highest BCUT2D eigenvalue weighted by Gasteiger charge is 2.29. The largest absolute Gasteiger partial charge is 0.332 e. The number of anilines is 1. The monoisotopic (exact) mass is 297 g/mol. The number of halogens is 1. The van der Waals surface area contributed by atoms with Gasteiger partial charge in [-0.05, 0) is 19.1 Å². The van der Waals surface area contributed by atoms with Crippen molar-refractivity contribution in [1.82, 2.24) is 14.8 Å². The second-order valence-electron chi connectivity index (χ2n) is 4.43. The maximum atomic E-state index is 12.0. The summed E-state index contributed by atoms with van der Waals surface area (Å²) in [7, 11) is 0. The number of nitrogens with one attached hydrogen (secondary N) is 1. The van der Waals surface area contributed by atoms with Gasteiger partial charge in [0.2, 0.25) is 11.8 Å². The van der Waals surface area contributed by atoms with Crippen molar-refractivity contribution in [2.24, 2.45) is 5.84 Å². The summed E-state index contributed by atoms with van der Waals surface area (Å²) in [6.45, 7) is 2.71. The minimum atomic E-state index is -0.115. The lowest BCUT2D eigenvalue weighted by molar-refractivity contribution is -0.150. The van der Waals surface area contributed by atoms with Gasteiger partial charge < -0.3 is 15.2 Å². The standard InChI is InChI=1S/C12H16ClN5O2/c1-2-17-6-12(20)18(7-11(17)19)5-9-8(13)3-4-10(15-9)16-14/h3-4H,2,5-7,14H2,1H3,(H,15,16). The summed E-state index contributed by atoms with van der Waals surface area (Å²) in [5.74, 6) is 5.56. The van der Waals surface area contributed by atoms with Crippen LogP contribution in [0.3, 0.4) is 0 Å². The summed E-state index contributed by atoms with van der Waals surface area (Å²) in [6, 6.07) is 3.28. The van der Waals surface area contributed by atoms with Crippen molar-refractivity contribution < 1.29 is 9.59 Å². The number of pyridine rings is 1. The molecule has 8 heteroatoms. The number of nitrogens with zero attached hydrogens (tertiary/aromatic N) is 3. The maximum absolute atomic E-state index is 12.0. The molecule has 0 unspecified atom stereocenters. The van der Waals surface area contributed by atoms with E-state index in [0.717, 1.165) is 0 Å². The zero-order chi connectivity index (χ0) is 14.7. The van der Waals surface area contributed by atoms with Crippen LogP contribution in [0.5, 0.6) is 0 Å². The van der Waals surface area contributed by atoms with Gasteiger partial charge in [0.05, 0.1) is 23.8 Å². The Morgan fingerprint density at radius 1 is 1.30 bits per heavy atom. The highest BCUT2D eigenvalue weighted by atomic mass is 35.5. The Morgan fingerprint density at radius 2 is 1.95 bits per heavy atom. The summed E-state index contributed by atoms with van der Waals surface area (Å²) >= 11 is 6.05. The first-order chi connectivity index (χ1) is 9.55. The molecule has 0 aromatic carbocycles. The fourth-order valence-electron chi connectivity index (χ4n) is 1.99.